The Morgan fingerprint density at radius 3 is 1.21 bits per heavy atom. The van der Waals surface area contributed by atoms with E-state index >= 15 is 0 Å². The van der Waals surface area contributed by atoms with Crippen LogP contribution in [0, 0.1) is 0 Å². The number of ether oxygens (including phenoxy) is 2. The predicted octanol–water partition coefficient (Wildman–Crippen LogP) is 7.58. The SMILES string of the molecule is c1ccc2c(Oc3ccc(Oc4cccc5ccccc45)cc3)cccc2c1. The summed E-state index contributed by atoms with van der Waals surface area (Å²) in [6.07, 6.45) is 0. The number of hydrogen-bond donors (Lipinski definition) is 0. The highest BCUT2D eigenvalue weighted by Crippen LogP contribution is 2.33. The predicted molar refractivity (Wildman–Crippen MR) is 114 cm³/mol. The minimum Gasteiger partial charge on any atom is -0.457 e. The first kappa shape index (κ1) is 16.4. The number of fused-ring (bicyclic) bond motifs is 2. The van der Waals surface area contributed by atoms with Crippen LogP contribution in [0.4, 0.5) is 0 Å². The molecule has 28 heavy (non-hydrogen) atoms. The molecule has 0 aromatic heterocycles. The molecule has 0 saturated heterocycles. The summed E-state index contributed by atoms with van der Waals surface area (Å²) in [5, 5.41) is 4.52. The fourth-order valence-electron chi connectivity index (χ4n) is 3.40. The lowest BCUT2D eigenvalue weighted by molar-refractivity contribution is 0.475. The summed E-state index contributed by atoms with van der Waals surface area (Å²) in [7, 11) is 0. The fraction of sp³-hybridized carbons (Fsp3) is 0. The minimum atomic E-state index is 0.779. The first-order chi connectivity index (χ1) is 13.9. The molecule has 0 aliphatic heterocycles. The van der Waals surface area contributed by atoms with E-state index < -0.39 is 0 Å². The molecule has 0 bridgehead atoms. The summed E-state index contributed by atoms with van der Waals surface area (Å²) in [6.45, 7) is 0. The molecule has 0 fully saturated rings. The minimum absolute atomic E-state index is 0.779. The van der Waals surface area contributed by atoms with E-state index in [9.17, 15) is 0 Å². The standard InChI is InChI=1S/C26H18O2/c1-3-11-23-19(7-1)9-5-13-25(23)27-21-15-17-22(18-16-21)28-26-14-6-10-20-8-2-4-12-24(20)26/h1-18H. The molecule has 0 saturated carbocycles. The van der Waals surface area contributed by atoms with Crippen LogP contribution in [0.25, 0.3) is 21.5 Å². The molecule has 0 aliphatic rings. The van der Waals surface area contributed by atoms with Crippen molar-refractivity contribution in [3.05, 3.63) is 109 Å². The van der Waals surface area contributed by atoms with Crippen molar-refractivity contribution in [3.63, 3.8) is 0 Å². The summed E-state index contributed by atoms with van der Waals surface area (Å²) in [5.41, 5.74) is 0. The van der Waals surface area contributed by atoms with Crippen LogP contribution in [0.3, 0.4) is 0 Å². The van der Waals surface area contributed by atoms with E-state index in [-0.39, 0.29) is 0 Å². The lowest BCUT2D eigenvalue weighted by Crippen LogP contribution is -1.88. The average molecular weight is 362 g/mol. The highest BCUT2D eigenvalue weighted by atomic mass is 16.5. The molecule has 5 aromatic carbocycles. The maximum atomic E-state index is 6.11. The average Bonchev–Trinajstić information content (AvgIpc) is 2.76. The van der Waals surface area contributed by atoms with Crippen LogP contribution in [0.1, 0.15) is 0 Å². The van der Waals surface area contributed by atoms with Gasteiger partial charge in [0.2, 0.25) is 0 Å². The molecule has 2 nitrogen and oxygen atoms in total. The van der Waals surface area contributed by atoms with E-state index in [1.165, 1.54) is 0 Å². The molecule has 0 heterocycles. The lowest BCUT2D eigenvalue weighted by Gasteiger charge is -2.11. The number of rotatable bonds is 4. The molecule has 0 radical (unpaired) electrons. The van der Waals surface area contributed by atoms with Crippen LogP contribution in [0.5, 0.6) is 23.0 Å². The van der Waals surface area contributed by atoms with Crippen LogP contribution in [-0.4, -0.2) is 0 Å². The maximum Gasteiger partial charge on any atom is 0.135 e. The van der Waals surface area contributed by atoms with Gasteiger partial charge < -0.3 is 9.47 Å². The second kappa shape index (κ2) is 7.09. The summed E-state index contributed by atoms with van der Waals surface area (Å²) < 4.78 is 12.2. The van der Waals surface area contributed by atoms with Gasteiger partial charge in [0, 0.05) is 10.8 Å². The van der Waals surface area contributed by atoms with Crippen LogP contribution < -0.4 is 9.47 Å². The van der Waals surface area contributed by atoms with Crippen molar-refractivity contribution in [2.75, 3.05) is 0 Å². The molecule has 5 aromatic rings. The number of benzene rings is 5. The Balaban J connectivity index is 1.40. The van der Waals surface area contributed by atoms with Gasteiger partial charge in [0.1, 0.15) is 23.0 Å². The van der Waals surface area contributed by atoms with Crippen molar-refractivity contribution in [2.24, 2.45) is 0 Å². The molecule has 134 valence electrons. The smallest absolute Gasteiger partial charge is 0.135 e. The Morgan fingerprint density at radius 1 is 0.357 bits per heavy atom. The normalized spacial score (nSPS) is 10.9. The van der Waals surface area contributed by atoms with Crippen molar-refractivity contribution in [1.29, 1.82) is 0 Å². The van der Waals surface area contributed by atoms with Gasteiger partial charge in [0.05, 0.1) is 0 Å². The van der Waals surface area contributed by atoms with Crippen LogP contribution >= 0.6 is 0 Å². The van der Waals surface area contributed by atoms with Gasteiger partial charge in [0.25, 0.3) is 0 Å². The lowest BCUT2D eigenvalue weighted by atomic mass is 10.1. The third-order valence-corrected chi connectivity index (χ3v) is 4.78. The van der Waals surface area contributed by atoms with Gasteiger partial charge in [-0.05, 0) is 47.2 Å². The maximum absolute atomic E-state index is 6.11. The van der Waals surface area contributed by atoms with Crippen LogP contribution in [0.2, 0.25) is 0 Å². The van der Waals surface area contributed by atoms with Crippen LogP contribution in [-0.2, 0) is 0 Å². The third-order valence-electron chi connectivity index (χ3n) is 4.78. The Labute approximate surface area is 163 Å². The quantitative estimate of drug-likeness (QED) is 0.328. The Bertz CT molecular complexity index is 1150. The van der Waals surface area contributed by atoms with Crippen molar-refractivity contribution in [3.8, 4) is 23.0 Å². The molecule has 0 N–H and O–H groups in total. The summed E-state index contributed by atoms with van der Waals surface area (Å²) >= 11 is 0. The Morgan fingerprint density at radius 2 is 0.750 bits per heavy atom. The van der Waals surface area contributed by atoms with E-state index in [1.54, 1.807) is 0 Å². The zero-order valence-electron chi connectivity index (χ0n) is 15.2. The topological polar surface area (TPSA) is 18.5 Å². The first-order valence-corrected chi connectivity index (χ1v) is 9.28. The molecule has 0 atom stereocenters. The second-order valence-electron chi connectivity index (χ2n) is 6.63. The van der Waals surface area contributed by atoms with Crippen molar-refractivity contribution in [1.82, 2.24) is 0 Å². The molecule has 0 unspecified atom stereocenters. The molecular formula is C26H18O2. The third kappa shape index (κ3) is 3.17. The first-order valence-electron chi connectivity index (χ1n) is 9.28. The second-order valence-corrected chi connectivity index (χ2v) is 6.63. The van der Waals surface area contributed by atoms with Crippen LogP contribution in [0.15, 0.2) is 109 Å². The summed E-state index contributed by atoms with van der Waals surface area (Å²) in [4.78, 5) is 0. The Kier molecular flexibility index (Phi) is 4.15. The molecule has 2 heteroatoms. The number of hydrogen-bond acceptors (Lipinski definition) is 2. The summed E-state index contributed by atoms with van der Waals surface area (Å²) in [6, 6.07) is 36.3. The van der Waals surface area contributed by atoms with Crippen molar-refractivity contribution >= 4 is 21.5 Å². The molecule has 0 amide bonds. The Hall–Kier alpha value is -3.78. The molecular weight excluding hydrogens is 344 g/mol. The van der Waals surface area contributed by atoms with E-state index in [0.29, 0.717) is 0 Å². The van der Waals surface area contributed by atoms with Gasteiger partial charge in [-0.1, -0.05) is 72.8 Å². The van der Waals surface area contributed by atoms with Crippen molar-refractivity contribution in [2.45, 2.75) is 0 Å². The van der Waals surface area contributed by atoms with Gasteiger partial charge in [-0.3, -0.25) is 0 Å². The van der Waals surface area contributed by atoms with Crippen molar-refractivity contribution < 1.29 is 9.47 Å². The van der Waals surface area contributed by atoms with Gasteiger partial charge in [-0.25, -0.2) is 0 Å². The van der Waals surface area contributed by atoms with Gasteiger partial charge in [-0.15, -0.1) is 0 Å². The zero-order valence-corrected chi connectivity index (χ0v) is 15.2. The van der Waals surface area contributed by atoms with E-state index in [1.807, 2.05) is 72.8 Å². The largest absolute Gasteiger partial charge is 0.457 e. The summed E-state index contributed by atoms with van der Waals surface area (Å²) in [5.74, 6) is 3.25. The van der Waals surface area contributed by atoms with Gasteiger partial charge >= 0.3 is 0 Å². The van der Waals surface area contributed by atoms with Gasteiger partial charge in [-0.2, -0.15) is 0 Å². The highest BCUT2D eigenvalue weighted by molar-refractivity contribution is 5.89. The molecule has 5 rings (SSSR count). The van der Waals surface area contributed by atoms with E-state index in [2.05, 4.69) is 36.4 Å². The molecule has 0 spiro atoms. The molecule has 0 aliphatic carbocycles. The van der Waals surface area contributed by atoms with E-state index in [4.69, 9.17) is 9.47 Å². The van der Waals surface area contributed by atoms with Gasteiger partial charge in [0.15, 0.2) is 0 Å². The van der Waals surface area contributed by atoms with E-state index in [0.717, 1.165) is 44.5 Å². The monoisotopic (exact) mass is 362 g/mol. The fourth-order valence-corrected chi connectivity index (χ4v) is 3.40. The highest BCUT2D eigenvalue weighted by Gasteiger charge is 2.05. The zero-order chi connectivity index (χ0) is 18.8.